The van der Waals surface area contributed by atoms with E-state index in [1.54, 1.807) is 7.11 Å². The van der Waals surface area contributed by atoms with E-state index in [1.165, 1.54) is 0 Å². The van der Waals surface area contributed by atoms with Crippen molar-refractivity contribution in [2.75, 3.05) is 25.2 Å². The van der Waals surface area contributed by atoms with Gasteiger partial charge in [-0.25, -0.2) is 8.42 Å². The van der Waals surface area contributed by atoms with E-state index in [2.05, 4.69) is 0 Å². The standard InChI is InChI=1S/C10H21NO3S/c1-14-5-2-3-10(11)7-9-4-6-15(12,13)8-9/h9-10H,2-8,11H2,1H3. The van der Waals surface area contributed by atoms with Crippen molar-refractivity contribution in [3.8, 4) is 0 Å². The van der Waals surface area contributed by atoms with Crippen LogP contribution in [0.15, 0.2) is 0 Å². The first kappa shape index (κ1) is 12.9. The Morgan fingerprint density at radius 1 is 1.53 bits per heavy atom. The maximum absolute atomic E-state index is 11.2. The molecule has 0 amide bonds. The molecule has 1 rings (SSSR count). The van der Waals surface area contributed by atoms with Crippen molar-refractivity contribution >= 4 is 9.84 Å². The Kier molecular flexibility index (Phi) is 5.02. The summed E-state index contributed by atoms with van der Waals surface area (Å²) in [5, 5.41) is 0. The third-order valence-corrected chi connectivity index (χ3v) is 4.72. The summed E-state index contributed by atoms with van der Waals surface area (Å²) in [6.45, 7) is 0.733. The number of rotatable bonds is 6. The molecule has 0 saturated carbocycles. The molecule has 1 fully saturated rings. The van der Waals surface area contributed by atoms with E-state index in [4.69, 9.17) is 10.5 Å². The SMILES string of the molecule is COCCCC(N)CC1CCS(=O)(=O)C1. The highest BCUT2D eigenvalue weighted by Crippen LogP contribution is 2.23. The fourth-order valence-electron chi connectivity index (χ4n) is 2.09. The zero-order valence-corrected chi connectivity index (χ0v) is 10.1. The topological polar surface area (TPSA) is 69.4 Å². The maximum atomic E-state index is 11.2. The summed E-state index contributed by atoms with van der Waals surface area (Å²) in [4.78, 5) is 0. The summed E-state index contributed by atoms with van der Waals surface area (Å²) < 4.78 is 27.4. The first-order valence-electron chi connectivity index (χ1n) is 5.48. The van der Waals surface area contributed by atoms with Crippen molar-refractivity contribution in [2.24, 2.45) is 11.7 Å². The molecule has 1 aliphatic rings. The van der Waals surface area contributed by atoms with Crippen LogP contribution in [-0.2, 0) is 14.6 Å². The molecule has 2 unspecified atom stereocenters. The van der Waals surface area contributed by atoms with Gasteiger partial charge in [0.25, 0.3) is 0 Å². The first-order chi connectivity index (χ1) is 7.03. The van der Waals surface area contributed by atoms with Gasteiger partial charge in [-0.3, -0.25) is 0 Å². The van der Waals surface area contributed by atoms with Crippen LogP contribution in [-0.4, -0.2) is 39.7 Å². The second-order valence-corrected chi connectivity index (χ2v) is 6.63. The molecule has 15 heavy (non-hydrogen) atoms. The predicted molar refractivity (Wildman–Crippen MR) is 60.5 cm³/mol. The van der Waals surface area contributed by atoms with Crippen molar-refractivity contribution in [1.29, 1.82) is 0 Å². The average Bonchev–Trinajstić information content (AvgIpc) is 2.46. The summed E-state index contributed by atoms with van der Waals surface area (Å²) >= 11 is 0. The van der Waals surface area contributed by atoms with E-state index < -0.39 is 9.84 Å². The number of hydrogen-bond donors (Lipinski definition) is 1. The molecule has 0 bridgehead atoms. The molecule has 2 N–H and O–H groups in total. The van der Waals surface area contributed by atoms with Crippen molar-refractivity contribution in [3.63, 3.8) is 0 Å². The third kappa shape index (κ3) is 4.95. The van der Waals surface area contributed by atoms with E-state index in [0.717, 1.165) is 32.3 Å². The van der Waals surface area contributed by atoms with Gasteiger partial charge in [0, 0.05) is 19.8 Å². The second kappa shape index (κ2) is 5.82. The van der Waals surface area contributed by atoms with Crippen molar-refractivity contribution < 1.29 is 13.2 Å². The molecule has 1 heterocycles. The molecular formula is C10H21NO3S. The molecule has 0 spiro atoms. The van der Waals surface area contributed by atoms with Crippen LogP contribution in [0.25, 0.3) is 0 Å². The molecule has 0 aromatic rings. The first-order valence-corrected chi connectivity index (χ1v) is 7.30. The highest BCUT2D eigenvalue weighted by molar-refractivity contribution is 7.91. The summed E-state index contributed by atoms with van der Waals surface area (Å²) in [5.41, 5.74) is 5.93. The molecular weight excluding hydrogens is 214 g/mol. The quantitative estimate of drug-likeness (QED) is 0.683. The molecule has 1 aliphatic heterocycles. The smallest absolute Gasteiger partial charge is 0.150 e. The van der Waals surface area contributed by atoms with Gasteiger partial charge in [-0.15, -0.1) is 0 Å². The Hall–Kier alpha value is -0.130. The Morgan fingerprint density at radius 3 is 2.80 bits per heavy atom. The van der Waals surface area contributed by atoms with Crippen LogP contribution in [0.3, 0.4) is 0 Å². The van der Waals surface area contributed by atoms with E-state index >= 15 is 0 Å². The van der Waals surface area contributed by atoms with Gasteiger partial charge in [0.1, 0.15) is 0 Å². The summed E-state index contributed by atoms with van der Waals surface area (Å²) in [6.07, 6.45) is 3.50. The zero-order valence-electron chi connectivity index (χ0n) is 9.31. The molecule has 0 radical (unpaired) electrons. The number of methoxy groups -OCH3 is 1. The molecule has 5 heteroatoms. The average molecular weight is 235 g/mol. The molecule has 1 saturated heterocycles. The van der Waals surface area contributed by atoms with Crippen LogP contribution in [0.1, 0.15) is 25.7 Å². The largest absolute Gasteiger partial charge is 0.385 e. The van der Waals surface area contributed by atoms with E-state index in [0.29, 0.717) is 11.5 Å². The predicted octanol–water partition coefficient (Wildman–Crippen LogP) is 0.565. The molecule has 2 atom stereocenters. The Bertz CT molecular complexity index is 276. The van der Waals surface area contributed by atoms with E-state index in [-0.39, 0.29) is 12.0 Å². The maximum Gasteiger partial charge on any atom is 0.150 e. The number of ether oxygens (including phenoxy) is 1. The van der Waals surface area contributed by atoms with Gasteiger partial charge in [0.05, 0.1) is 11.5 Å². The van der Waals surface area contributed by atoms with E-state index in [1.807, 2.05) is 0 Å². The van der Waals surface area contributed by atoms with Gasteiger partial charge in [0.15, 0.2) is 9.84 Å². The lowest BCUT2D eigenvalue weighted by Gasteiger charge is -2.14. The number of hydrogen-bond acceptors (Lipinski definition) is 4. The van der Waals surface area contributed by atoms with Gasteiger partial charge >= 0.3 is 0 Å². The second-order valence-electron chi connectivity index (χ2n) is 4.40. The lowest BCUT2D eigenvalue weighted by atomic mass is 9.97. The number of sulfone groups is 1. The van der Waals surface area contributed by atoms with Crippen LogP contribution in [0.4, 0.5) is 0 Å². The van der Waals surface area contributed by atoms with Gasteiger partial charge in [-0.1, -0.05) is 0 Å². The summed E-state index contributed by atoms with van der Waals surface area (Å²) in [6, 6.07) is 0.124. The van der Waals surface area contributed by atoms with Crippen molar-refractivity contribution in [2.45, 2.75) is 31.7 Å². The lowest BCUT2D eigenvalue weighted by Crippen LogP contribution is -2.24. The van der Waals surface area contributed by atoms with Crippen LogP contribution in [0.5, 0.6) is 0 Å². The van der Waals surface area contributed by atoms with Gasteiger partial charge < -0.3 is 10.5 Å². The van der Waals surface area contributed by atoms with Gasteiger partial charge in [-0.2, -0.15) is 0 Å². The number of nitrogens with two attached hydrogens (primary N) is 1. The minimum atomic E-state index is -2.75. The monoisotopic (exact) mass is 235 g/mol. The molecule has 4 nitrogen and oxygen atoms in total. The Morgan fingerprint density at radius 2 is 2.27 bits per heavy atom. The van der Waals surface area contributed by atoms with Gasteiger partial charge in [0.2, 0.25) is 0 Å². The van der Waals surface area contributed by atoms with E-state index in [9.17, 15) is 8.42 Å². The zero-order chi connectivity index (χ0) is 11.3. The van der Waals surface area contributed by atoms with Crippen LogP contribution in [0, 0.1) is 5.92 Å². The van der Waals surface area contributed by atoms with Crippen molar-refractivity contribution in [1.82, 2.24) is 0 Å². The lowest BCUT2D eigenvalue weighted by molar-refractivity contribution is 0.189. The van der Waals surface area contributed by atoms with Crippen LogP contribution in [0.2, 0.25) is 0 Å². The molecule has 0 aromatic carbocycles. The molecule has 0 aliphatic carbocycles. The Labute approximate surface area is 92.1 Å². The van der Waals surface area contributed by atoms with Gasteiger partial charge in [-0.05, 0) is 31.6 Å². The van der Waals surface area contributed by atoms with Crippen LogP contribution < -0.4 is 5.73 Å². The normalized spacial score (nSPS) is 26.7. The third-order valence-electron chi connectivity index (χ3n) is 2.89. The fraction of sp³-hybridized carbons (Fsp3) is 1.00. The minimum absolute atomic E-state index is 0.124. The molecule has 0 aromatic heterocycles. The highest BCUT2D eigenvalue weighted by Gasteiger charge is 2.28. The summed E-state index contributed by atoms with van der Waals surface area (Å²) in [7, 11) is -1.07. The highest BCUT2D eigenvalue weighted by atomic mass is 32.2. The van der Waals surface area contributed by atoms with Crippen molar-refractivity contribution in [3.05, 3.63) is 0 Å². The Balaban J connectivity index is 2.19. The molecule has 90 valence electrons. The van der Waals surface area contributed by atoms with Crippen LogP contribution >= 0.6 is 0 Å². The fourth-order valence-corrected chi connectivity index (χ4v) is 3.97. The summed E-state index contributed by atoms with van der Waals surface area (Å²) in [5.74, 6) is 0.973. The minimum Gasteiger partial charge on any atom is -0.385 e.